The molecular formula is C29H37BF2N2O2. The van der Waals surface area contributed by atoms with E-state index in [0.29, 0.717) is 36.0 Å². The van der Waals surface area contributed by atoms with Crippen LogP contribution >= 0.6 is 0 Å². The van der Waals surface area contributed by atoms with Crippen molar-refractivity contribution in [3.05, 3.63) is 74.8 Å². The van der Waals surface area contributed by atoms with Crippen LogP contribution in [0.4, 0.5) is 8.63 Å². The number of rotatable bonds is 4. The summed E-state index contributed by atoms with van der Waals surface area (Å²) in [5.74, 6) is 0. The molecule has 0 aliphatic carbocycles. The number of hydrogen-bond acceptors (Lipinski definition) is 2. The van der Waals surface area contributed by atoms with Crippen molar-refractivity contribution >= 4 is 18.3 Å². The van der Waals surface area contributed by atoms with Crippen LogP contribution in [0.2, 0.25) is 0 Å². The van der Waals surface area contributed by atoms with E-state index in [1.807, 2.05) is 65.8 Å². The molecule has 192 valence electrons. The number of aromatic nitrogens is 1. The van der Waals surface area contributed by atoms with Gasteiger partial charge >= 0.3 is 6.97 Å². The van der Waals surface area contributed by atoms with Gasteiger partial charge in [-0.15, -0.1) is 0 Å². The highest BCUT2D eigenvalue weighted by Crippen LogP contribution is 2.47. The van der Waals surface area contributed by atoms with Gasteiger partial charge in [0.15, 0.2) is 12.0 Å². The Kier molecular flexibility index (Phi) is 5.96. The molecule has 1 aromatic heterocycles. The summed E-state index contributed by atoms with van der Waals surface area (Å²) in [6, 6.07) is 8.08. The van der Waals surface area contributed by atoms with E-state index in [1.165, 1.54) is 8.96 Å². The number of benzene rings is 1. The molecule has 0 atom stereocenters. The number of halogens is 2. The summed E-state index contributed by atoms with van der Waals surface area (Å²) in [6.45, 7) is 13.2. The molecule has 0 spiro atoms. The lowest BCUT2D eigenvalue weighted by atomic mass is 9.83. The minimum atomic E-state index is -4.01. The maximum atomic E-state index is 16.4. The highest BCUT2D eigenvalue weighted by molar-refractivity contribution is 6.58. The lowest BCUT2D eigenvalue weighted by Gasteiger charge is -2.35. The van der Waals surface area contributed by atoms with Gasteiger partial charge in [-0.2, -0.15) is 0 Å². The fraction of sp³-hybridized carbons (Fsp3) is 0.483. The minimum absolute atomic E-state index is 0.00305. The molecule has 0 unspecified atom stereocenters. The predicted octanol–water partition coefficient (Wildman–Crippen LogP) is 6.95. The first kappa shape index (κ1) is 25.2. The highest BCUT2D eigenvalue weighted by atomic mass is 19.2. The van der Waals surface area contributed by atoms with Crippen molar-refractivity contribution in [2.45, 2.75) is 74.5 Å². The third-order valence-electron chi connectivity index (χ3n) is 8.22. The Hall–Kier alpha value is -2.51. The van der Waals surface area contributed by atoms with Crippen molar-refractivity contribution in [2.75, 3.05) is 13.2 Å². The van der Waals surface area contributed by atoms with Crippen LogP contribution in [0.1, 0.15) is 87.9 Å². The van der Waals surface area contributed by atoms with Gasteiger partial charge in [-0.25, -0.2) is 0 Å². The van der Waals surface area contributed by atoms with Crippen LogP contribution in [0.5, 0.6) is 0 Å². The third-order valence-corrected chi connectivity index (χ3v) is 8.22. The van der Waals surface area contributed by atoms with Crippen LogP contribution in [0.15, 0.2) is 41.1 Å². The second-order valence-electron chi connectivity index (χ2n) is 11.2. The van der Waals surface area contributed by atoms with Crippen LogP contribution in [0.25, 0.3) is 5.57 Å². The molecule has 0 N–H and O–H groups in total. The molecule has 0 amide bonds. The molecule has 0 saturated carbocycles. The molecule has 1 saturated heterocycles. The monoisotopic (exact) mass is 494 g/mol. The molecule has 1 fully saturated rings. The van der Waals surface area contributed by atoms with Gasteiger partial charge in [0.2, 0.25) is 0 Å². The predicted molar refractivity (Wildman–Crippen MR) is 141 cm³/mol. The Morgan fingerprint density at radius 2 is 1.61 bits per heavy atom. The Morgan fingerprint density at radius 1 is 1.00 bits per heavy atom. The fourth-order valence-corrected chi connectivity index (χ4v) is 6.44. The smallest absolute Gasteiger partial charge is 0.393 e. The summed E-state index contributed by atoms with van der Waals surface area (Å²) in [7, 11) is 0. The van der Waals surface area contributed by atoms with Crippen molar-refractivity contribution in [1.82, 2.24) is 4.48 Å². The Bertz CT molecular complexity index is 1340. The number of allylic oxidation sites excluding steroid dienone is 2. The number of nitrogens with zero attached hydrogens (tertiary/aromatic N) is 2. The van der Waals surface area contributed by atoms with Crippen molar-refractivity contribution in [1.29, 1.82) is 0 Å². The summed E-state index contributed by atoms with van der Waals surface area (Å²) in [5, 5.41) is 0. The third kappa shape index (κ3) is 3.50. The average molecular weight is 494 g/mol. The first-order chi connectivity index (χ1) is 16.9. The molecule has 0 radical (unpaired) electrons. The van der Waals surface area contributed by atoms with Crippen molar-refractivity contribution < 1.29 is 22.6 Å². The van der Waals surface area contributed by atoms with Gasteiger partial charge < -0.3 is 27.1 Å². The molecule has 1 aromatic carbocycles. The Balaban J connectivity index is 1.72. The maximum absolute atomic E-state index is 16.4. The minimum Gasteiger partial charge on any atom is -0.393 e. The summed E-state index contributed by atoms with van der Waals surface area (Å²) >= 11 is 0. The lowest BCUT2D eigenvalue weighted by Crippen LogP contribution is -2.51. The first-order valence-electron chi connectivity index (χ1n) is 13.1. The van der Waals surface area contributed by atoms with E-state index in [1.54, 1.807) is 0 Å². The molecular weight excluding hydrogens is 457 g/mol. The van der Waals surface area contributed by atoms with Crippen molar-refractivity contribution in [2.24, 2.45) is 5.41 Å². The quantitative estimate of drug-likeness (QED) is 0.430. The molecule has 36 heavy (non-hydrogen) atoms. The molecule has 5 rings (SSSR count). The van der Waals surface area contributed by atoms with Gasteiger partial charge in [-0.3, -0.25) is 0 Å². The van der Waals surface area contributed by atoms with E-state index in [0.717, 1.165) is 51.8 Å². The normalized spacial score (nSPS) is 21.4. The van der Waals surface area contributed by atoms with E-state index in [9.17, 15) is 0 Å². The standard InChI is InChI=1S/C29H37BF2N2O2/c1-9-23-17(3)26-25(21-11-13-22(14-12-21)28-35-15-29(7,8)16-36-28)27-18(4)24(10-2)20(6)34(27)30(31,32)33(26)19(23)5/h11-14,28H,9-10,15-16H2,1-8H3. The van der Waals surface area contributed by atoms with Crippen LogP contribution < -0.4 is 0 Å². The van der Waals surface area contributed by atoms with Gasteiger partial charge in [0.05, 0.1) is 18.8 Å². The summed E-state index contributed by atoms with van der Waals surface area (Å²) in [6.07, 6.45) is 1.03. The van der Waals surface area contributed by atoms with E-state index in [-0.39, 0.29) is 5.41 Å². The zero-order chi connectivity index (χ0) is 26.2. The van der Waals surface area contributed by atoms with Crippen molar-refractivity contribution in [3.63, 3.8) is 0 Å². The largest absolute Gasteiger partial charge is 0.737 e. The van der Waals surface area contributed by atoms with Crippen LogP contribution in [0, 0.1) is 19.3 Å². The van der Waals surface area contributed by atoms with E-state index >= 15 is 8.63 Å². The van der Waals surface area contributed by atoms with E-state index < -0.39 is 13.3 Å². The average Bonchev–Trinajstić information content (AvgIpc) is 3.24. The van der Waals surface area contributed by atoms with Gasteiger partial charge in [-0.05, 0) is 56.0 Å². The molecule has 2 aromatic rings. The van der Waals surface area contributed by atoms with Gasteiger partial charge in [-0.1, -0.05) is 52.0 Å². The molecule has 3 aliphatic rings. The van der Waals surface area contributed by atoms with E-state index in [4.69, 9.17) is 9.47 Å². The van der Waals surface area contributed by atoms with Crippen molar-refractivity contribution in [3.8, 4) is 0 Å². The first-order valence-corrected chi connectivity index (χ1v) is 13.1. The Morgan fingerprint density at radius 3 is 2.17 bits per heavy atom. The zero-order valence-corrected chi connectivity index (χ0v) is 22.8. The van der Waals surface area contributed by atoms with Crippen LogP contribution in [-0.2, 0) is 15.9 Å². The zero-order valence-electron chi connectivity index (χ0n) is 22.8. The van der Waals surface area contributed by atoms with Gasteiger partial charge in [0.25, 0.3) is 0 Å². The van der Waals surface area contributed by atoms with Gasteiger partial charge in [0, 0.05) is 34.7 Å². The SMILES string of the molecule is CCC1=C(C)C2=C(c3ccc(C4OCC(C)(C)CO4)cc3)c3c(C)c(CC)c(C)n3[B-](F)(F)[N+]2=C1C. The fourth-order valence-electron chi connectivity index (χ4n) is 6.44. The highest BCUT2D eigenvalue weighted by Gasteiger charge is 2.56. The topological polar surface area (TPSA) is 26.4 Å². The van der Waals surface area contributed by atoms with Crippen LogP contribution in [0.3, 0.4) is 0 Å². The number of fused-ring (bicyclic) bond motifs is 2. The number of hydrogen-bond donors (Lipinski definition) is 0. The summed E-state index contributed by atoms with van der Waals surface area (Å²) in [4.78, 5) is 0. The number of ether oxygens (including phenoxy) is 2. The lowest BCUT2D eigenvalue weighted by molar-refractivity contribution is -0.363. The molecule has 0 bridgehead atoms. The van der Waals surface area contributed by atoms with Gasteiger partial charge in [0.1, 0.15) is 5.71 Å². The maximum Gasteiger partial charge on any atom is 0.737 e. The van der Waals surface area contributed by atoms with E-state index in [2.05, 4.69) is 13.8 Å². The summed E-state index contributed by atoms with van der Waals surface area (Å²) < 4.78 is 47.3. The van der Waals surface area contributed by atoms with Crippen LogP contribution in [-0.4, -0.2) is 34.9 Å². The second-order valence-corrected chi connectivity index (χ2v) is 11.2. The molecule has 7 heteroatoms. The molecule has 4 heterocycles. The second kappa shape index (κ2) is 8.52. The molecule has 3 aliphatic heterocycles. The molecule has 4 nitrogen and oxygen atoms in total. The summed E-state index contributed by atoms with van der Waals surface area (Å²) in [5.41, 5.74) is 9.24. The Labute approximate surface area is 213 Å².